The summed E-state index contributed by atoms with van der Waals surface area (Å²) in [5, 5.41) is 7.07. The lowest BCUT2D eigenvalue weighted by atomic mass is 10.1. The molecule has 1 N–H and O–H groups in total. The summed E-state index contributed by atoms with van der Waals surface area (Å²) >= 11 is 0. The quantitative estimate of drug-likeness (QED) is 0.820. The summed E-state index contributed by atoms with van der Waals surface area (Å²) in [6.07, 6.45) is 1.79. The molecule has 0 aliphatic heterocycles. The number of aromatic nitrogens is 2. The van der Waals surface area contributed by atoms with Crippen LogP contribution in [0.15, 0.2) is 27.6 Å². The van der Waals surface area contributed by atoms with Gasteiger partial charge in [0.25, 0.3) is 0 Å². The Kier molecular flexibility index (Phi) is 5.38. The highest BCUT2D eigenvalue weighted by Crippen LogP contribution is 2.27. The summed E-state index contributed by atoms with van der Waals surface area (Å²) in [6, 6.07) is 5.13. The highest BCUT2D eigenvalue weighted by molar-refractivity contribution is 7.90. The van der Waals surface area contributed by atoms with Gasteiger partial charge in [0, 0.05) is 25.3 Å². The van der Waals surface area contributed by atoms with E-state index in [-0.39, 0.29) is 10.9 Å². The summed E-state index contributed by atoms with van der Waals surface area (Å²) in [7, 11) is -1.85. The maximum absolute atomic E-state index is 11.7. The predicted molar refractivity (Wildman–Crippen MR) is 85.3 cm³/mol. The normalized spacial score (nSPS) is 13.0. The van der Waals surface area contributed by atoms with Crippen LogP contribution < -0.4 is 10.1 Å². The summed E-state index contributed by atoms with van der Waals surface area (Å²) in [5.74, 6) is 1.56. The summed E-state index contributed by atoms with van der Waals surface area (Å²) in [4.78, 5) is 4.33. The molecule has 1 aromatic heterocycles. The number of methoxy groups -OCH3 is 1. The van der Waals surface area contributed by atoms with Gasteiger partial charge in [-0.05, 0) is 31.5 Å². The van der Waals surface area contributed by atoms with Gasteiger partial charge < -0.3 is 14.6 Å². The molecule has 0 amide bonds. The van der Waals surface area contributed by atoms with Crippen molar-refractivity contribution in [2.24, 2.45) is 0 Å². The van der Waals surface area contributed by atoms with E-state index < -0.39 is 9.84 Å². The Morgan fingerprint density at radius 1 is 1.39 bits per heavy atom. The number of nitrogens with one attached hydrogen (secondary N) is 1. The Balaban J connectivity index is 2.03. The van der Waals surface area contributed by atoms with Crippen LogP contribution in [0.3, 0.4) is 0 Å². The van der Waals surface area contributed by atoms with Gasteiger partial charge in [-0.2, -0.15) is 4.98 Å². The molecule has 0 aliphatic carbocycles. The topological polar surface area (TPSA) is 94.3 Å². The molecule has 0 bridgehead atoms. The fourth-order valence-electron chi connectivity index (χ4n) is 2.21. The number of ether oxygens (including phenoxy) is 1. The number of hydrogen-bond acceptors (Lipinski definition) is 7. The monoisotopic (exact) mass is 339 g/mol. The molecule has 0 aliphatic rings. The van der Waals surface area contributed by atoms with Gasteiger partial charge in [0.1, 0.15) is 10.6 Å². The average molecular weight is 339 g/mol. The molecule has 0 fully saturated rings. The first-order valence-corrected chi connectivity index (χ1v) is 9.11. The van der Waals surface area contributed by atoms with Crippen LogP contribution >= 0.6 is 0 Å². The minimum Gasteiger partial charge on any atom is -0.495 e. The number of hydrogen-bond donors (Lipinski definition) is 1. The van der Waals surface area contributed by atoms with Crippen LogP contribution in [0.25, 0.3) is 0 Å². The van der Waals surface area contributed by atoms with Gasteiger partial charge in [0.05, 0.1) is 7.11 Å². The Labute approximate surface area is 136 Å². The molecule has 1 atom stereocenters. The predicted octanol–water partition coefficient (Wildman–Crippen LogP) is 1.68. The van der Waals surface area contributed by atoms with Crippen molar-refractivity contribution in [2.45, 2.75) is 31.2 Å². The number of sulfone groups is 1. The number of benzene rings is 1. The lowest BCUT2D eigenvalue weighted by Gasteiger charge is -2.16. The maximum atomic E-state index is 11.7. The van der Waals surface area contributed by atoms with Gasteiger partial charge >= 0.3 is 0 Å². The Morgan fingerprint density at radius 2 is 2.13 bits per heavy atom. The molecule has 1 unspecified atom stereocenters. The van der Waals surface area contributed by atoms with Crippen molar-refractivity contribution in [3.63, 3.8) is 0 Å². The van der Waals surface area contributed by atoms with E-state index in [1.54, 1.807) is 25.1 Å². The third-order valence-corrected chi connectivity index (χ3v) is 4.58. The van der Waals surface area contributed by atoms with Crippen LogP contribution in [0.4, 0.5) is 0 Å². The molecule has 2 rings (SSSR count). The minimum atomic E-state index is -3.31. The van der Waals surface area contributed by atoms with E-state index in [0.717, 1.165) is 5.56 Å². The van der Waals surface area contributed by atoms with Crippen LogP contribution in [0.2, 0.25) is 0 Å². The van der Waals surface area contributed by atoms with Gasteiger partial charge in [0.15, 0.2) is 15.7 Å². The SMILES string of the molecule is COc1cc(C(C)NCCc2nc(C)no2)ccc1S(C)(=O)=O. The Bertz CT molecular complexity index is 771. The van der Waals surface area contributed by atoms with Crippen LogP contribution in [0.1, 0.15) is 30.2 Å². The molecule has 126 valence electrons. The second kappa shape index (κ2) is 7.10. The van der Waals surface area contributed by atoms with E-state index in [0.29, 0.717) is 30.4 Å². The molecule has 0 saturated carbocycles. The van der Waals surface area contributed by atoms with Gasteiger partial charge in [-0.15, -0.1) is 0 Å². The van der Waals surface area contributed by atoms with Crippen molar-refractivity contribution in [3.8, 4) is 5.75 Å². The van der Waals surface area contributed by atoms with Gasteiger partial charge in [-0.1, -0.05) is 11.2 Å². The van der Waals surface area contributed by atoms with Crippen LogP contribution in [-0.2, 0) is 16.3 Å². The number of rotatable bonds is 7. The van der Waals surface area contributed by atoms with E-state index in [1.807, 2.05) is 6.92 Å². The molecule has 0 radical (unpaired) electrons. The lowest BCUT2D eigenvalue weighted by molar-refractivity contribution is 0.370. The second-order valence-corrected chi connectivity index (χ2v) is 7.33. The van der Waals surface area contributed by atoms with Crippen molar-refractivity contribution >= 4 is 9.84 Å². The fourth-order valence-corrected chi connectivity index (χ4v) is 3.04. The van der Waals surface area contributed by atoms with Gasteiger partial charge in [-0.25, -0.2) is 8.42 Å². The molecule has 8 heteroatoms. The van der Waals surface area contributed by atoms with E-state index in [9.17, 15) is 8.42 Å². The summed E-state index contributed by atoms with van der Waals surface area (Å²) in [5.41, 5.74) is 0.941. The zero-order chi connectivity index (χ0) is 17.0. The first-order chi connectivity index (χ1) is 10.8. The Hall–Kier alpha value is -1.93. The van der Waals surface area contributed by atoms with Crippen LogP contribution in [0.5, 0.6) is 5.75 Å². The zero-order valence-electron chi connectivity index (χ0n) is 13.7. The highest BCUT2D eigenvalue weighted by atomic mass is 32.2. The first-order valence-electron chi connectivity index (χ1n) is 7.22. The van der Waals surface area contributed by atoms with Gasteiger partial charge in [0.2, 0.25) is 5.89 Å². The van der Waals surface area contributed by atoms with Crippen molar-refractivity contribution in [2.75, 3.05) is 19.9 Å². The van der Waals surface area contributed by atoms with Crippen LogP contribution in [-0.4, -0.2) is 38.5 Å². The molecule has 7 nitrogen and oxygen atoms in total. The van der Waals surface area contributed by atoms with Crippen molar-refractivity contribution < 1.29 is 17.7 Å². The third kappa shape index (κ3) is 4.52. The first kappa shape index (κ1) is 17.4. The number of nitrogens with zero attached hydrogens (tertiary/aromatic N) is 2. The highest BCUT2D eigenvalue weighted by Gasteiger charge is 2.16. The number of aryl methyl sites for hydroxylation is 1. The summed E-state index contributed by atoms with van der Waals surface area (Å²) in [6.45, 7) is 4.44. The van der Waals surface area contributed by atoms with E-state index in [2.05, 4.69) is 15.5 Å². The van der Waals surface area contributed by atoms with E-state index in [4.69, 9.17) is 9.26 Å². The maximum Gasteiger partial charge on any atom is 0.227 e. The van der Waals surface area contributed by atoms with Crippen LogP contribution in [0, 0.1) is 6.92 Å². The van der Waals surface area contributed by atoms with Crippen molar-refractivity contribution in [1.82, 2.24) is 15.5 Å². The van der Waals surface area contributed by atoms with E-state index in [1.165, 1.54) is 13.4 Å². The smallest absolute Gasteiger partial charge is 0.227 e. The van der Waals surface area contributed by atoms with Crippen molar-refractivity contribution in [1.29, 1.82) is 0 Å². The van der Waals surface area contributed by atoms with Gasteiger partial charge in [-0.3, -0.25) is 0 Å². The molecule has 1 aromatic carbocycles. The average Bonchev–Trinajstić information content (AvgIpc) is 2.91. The lowest BCUT2D eigenvalue weighted by Crippen LogP contribution is -2.21. The molecular weight excluding hydrogens is 318 g/mol. The zero-order valence-corrected chi connectivity index (χ0v) is 14.5. The molecule has 2 aromatic rings. The molecule has 1 heterocycles. The largest absolute Gasteiger partial charge is 0.495 e. The molecule has 0 spiro atoms. The van der Waals surface area contributed by atoms with E-state index >= 15 is 0 Å². The molecule has 23 heavy (non-hydrogen) atoms. The molecule has 0 saturated heterocycles. The van der Waals surface area contributed by atoms with Crippen molar-refractivity contribution in [3.05, 3.63) is 35.5 Å². The molecular formula is C15H21N3O4S. The minimum absolute atomic E-state index is 0.0292. The second-order valence-electron chi connectivity index (χ2n) is 5.34. The fraction of sp³-hybridized carbons (Fsp3) is 0.467. The third-order valence-electron chi connectivity index (χ3n) is 3.45. The Morgan fingerprint density at radius 3 is 2.70 bits per heavy atom. The standard InChI is InChI=1S/C15H21N3O4S/c1-10(16-8-7-15-17-11(2)18-22-15)12-5-6-14(23(4,19)20)13(9-12)21-3/h5-6,9-10,16H,7-8H2,1-4H3. The summed E-state index contributed by atoms with van der Waals surface area (Å²) < 4.78 is 33.7.